The number of aliphatic hydroxyl groups excluding tert-OH is 1. The van der Waals surface area contributed by atoms with E-state index in [2.05, 4.69) is 5.32 Å². The van der Waals surface area contributed by atoms with Gasteiger partial charge in [-0.05, 0) is 72.9 Å². The van der Waals surface area contributed by atoms with Crippen molar-refractivity contribution in [2.75, 3.05) is 6.54 Å². The van der Waals surface area contributed by atoms with Crippen LogP contribution in [0.2, 0.25) is 5.02 Å². The van der Waals surface area contributed by atoms with Gasteiger partial charge in [-0.2, -0.15) is 0 Å². The summed E-state index contributed by atoms with van der Waals surface area (Å²) < 4.78 is 26.4. The largest absolute Gasteiger partial charge is 0.478 e. The van der Waals surface area contributed by atoms with Gasteiger partial charge in [0.2, 0.25) is 9.84 Å². The lowest BCUT2D eigenvalue weighted by Gasteiger charge is -2.18. The van der Waals surface area contributed by atoms with Crippen molar-refractivity contribution in [3.05, 3.63) is 94.0 Å². The number of hydrogen-bond donors (Lipinski definition) is 3. The van der Waals surface area contributed by atoms with Crippen LogP contribution in [-0.2, 0) is 22.7 Å². The fraction of sp³-hybridized carbons (Fsp3) is 0.296. The summed E-state index contributed by atoms with van der Waals surface area (Å²) in [6.07, 6.45) is 1.43. The number of nitrogens with one attached hydrogen (secondary N) is 1. The van der Waals surface area contributed by atoms with Crippen LogP contribution in [-0.4, -0.2) is 37.2 Å². The first kappa shape index (κ1) is 29.8. The van der Waals surface area contributed by atoms with Gasteiger partial charge in [0.1, 0.15) is 0 Å². The van der Waals surface area contributed by atoms with E-state index in [1.54, 1.807) is 36.4 Å². The fourth-order valence-electron chi connectivity index (χ4n) is 3.92. The molecule has 0 aliphatic carbocycles. The second-order valence-corrected chi connectivity index (χ2v) is 11.0. The first-order valence-corrected chi connectivity index (χ1v) is 13.3. The van der Waals surface area contributed by atoms with Gasteiger partial charge in [0, 0.05) is 17.6 Å². The third-order valence-corrected chi connectivity index (χ3v) is 7.83. The molecule has 0 spiro atoms. The Morgan fingerprint density at radius 3 is 2.31 bits per heavy atom. The Balaban J connectivity index is 0.00000456. The number of hydrogen-bond acceptors (Lipinski definition) is 5. The smallest absolute Gasteiger partial charge is 0.337 e. The highest BCUT2D eigenvalue weighted by Crippen LogP contribution is 2.26. The van der Waals surface area contributed by atoms with Crippen LogP contribution in [0.4, 0.5) is 0 Å². The summed E-state index contributed by atoms with van der Waals surface area (Å²) in [4.78, 5) is 11.6. The zero-order valence-electron chi connectivity index (χ0n) is 20.1. The van der Waals surface area contributed by atoms with Crippen molar-refractivity contribution in [3.8, 4) is 0 Å². The number of aromatic carboxylic acids is 1. The van der Waals surface area contributed by atoms with E-state index in [-0.39, 0.29) is 33.8 Å². The second-order valence-electron chi connectivity index (χ2n) is 8.62. The lowest BCUT2D eigenvalue weighted by atomic mass is 10.1. The molecule has 0 saturated carbocycles. The third-order valence-electron chi connectivity index (χ3n) is 5.77. The van der Waals surface area contributed by atoms with Gasteiger partial charge >= 0.3 is 5.97 Å². The summed E-state index contributed by atoms with van der Waals surface area (Å²) in [5.41, 5.74) is 2.23. The number of carboxylic acid groups (broad SMARTS) is 1. The molecule has 36 heavy (non-hydrogen) atoms. The van der Waals surface area contributed by atoms with E-state index in [0.29, 0.717) is 24.4 Å². The number of sulfone groups is 1. The number of rotatable bonds is 11. The van der Waals surface area contributed by atoms with E-state index in [0.717, 1.165) is 23.1 Å². The highest BCUT2D eigenvalue weighted by atomic mass is 35.5. The van der Waals surface area contributed by atoms with E-state index in [4.69, 9.17) is 11.6 Å². The molecule has 0 fully saturated rings. The standard InChI is InChI=1S/C27H30ClNO5S.ClH/c1-3-5-19-10-13-26(24(15-19)27(31)32)35(33,34)23-11-8-20(9-12-23)14-18(2)29-17-25(30)21-6-4-7-22(28)16-21;/h4,6-13,15-16,18,25,29-30H,3,5,14,17H2,1-2H3,(H,31,32);1H/t18-,25+;/m1./s1. The summed E-state index contributed by atoms with van der Waals surface area (Å²) in [6, 6.07) is 18.1. The van der Waals surface area contributed by atoms with Gasteiger partial charge < -0.3 is 15.5 Å². The van der Waals surface area contributed by atoms with Crippen molar-refractivity contribution in [2.45, 2.75) is 55.0 Å². The lowest BCUT2D eigenvalue weighted by molar-refractivity contribution is 0.0692. The maximum Gasteiger partial charge on any atom is 0.337 e. The number of aliphatic hydroxyl groups is 1. The number of halogens is 2. The summed E-state index contributed by atoms with van der Waals surface area (Å²) in [7, 11) is -3.99. The number of carboxylic acids is 1. The molecule has 2 atom stereocenters. The van der Waals surface area contributed by atoms with Crippen LogP contribution in [0.1, 0.15) is 53.4 Å². The predicted molar refractivity (Wildman–Crippen MR) is 144 cm³/mol. The van der Waals surface area contributed by atoms with Crippen LogP contribution in [0.15, 0.2) is 76.5 Å². The molecule has 6 nitrogen and oxygen atoms in total. The quantitative estimate of drug-likeness (QED) is 0.290. The minimum absolute atomic E-state index is 0. The molecule has 3 aromatic carbocycles. The highest BCUT2D eigenvalue weighted by Gasteiger charge is 2.25. The molecular formula is C27H31Cl2NO5S. The highest BCUT2D eigenvalue weighted by molar-refractivity contribution is 7.91. The van der Waals surface area contributed by atoms with Crippen molar-refractivity contribution in [1.29, 1.82) is 0 Å². The molecule has 0 saturated heterocycles. The first-order valence-electron chi connectivity index (χ1n) is 11.5. The van der Waals surface area contributed by atoms with Gasteiger partial charge in [0.25, 0.3) is 0 Å². The van der Waals surface area contributed by atoms with E-state index >= 15 is 0 Å². The van der Waals surface area contributed by atoms with Crippen LogP contribution in [0.5, 0.6) is 0 Å². The van der Waals surface area contributed by atoms with Crippen LogP contribution < -0.4 is 5.32 Å². The summed E-state index contributed by atoms with van der Waals surface area (Å²) in [5, 5.41) is 23.8. The molecule has 3 rings (SSSR count). The first-order chi connectivity index (χ1) is 16.6. The molecule has 0 aliphatic heterocycles. The maximum atomic E-state index is 13.2. The number of aryl methyl sites for hydroxylation is 1. The van der Waals surface area contributed by atoms with Crippen LogP contribution >= 0.6 is 24.0 Å². The normalized spacial score (nSPS) is 13.0. The Labute approximate surface area is 223 Å². The minimum atomic E-state index is -3.99. The third kappa shape index (κ3) is 7.54. The molecule has 3 aromatic rings. The number of carbonyl (C=O) groups is 1. The van der Waals surface area contributed by atoms with Gasteiger partial charge in [0.05, 0.1) is 21.5 Å². The Morgan fingerprint density at radius 2 is 1.69 bits per heavy atom. The van der Waals surface area contributed by atoms with Crippen molar-refractivity contribution < 1.29 is 23.4 Å². The molecular weight excluding hydrogens is 521 g/mol. The van der Waals surface area contributed by atoms with E-state index < -0.39 is 21.9 Å². The molecule has 0 radical (unpaired) electrons. The van der Waals surface area contributed by atoms with Gasteiger partial charge in [-0.15, -0.1) is 12.4 Å². The Kier molecular flexibility index (Phi) is 10.9. The average molecular weight is 553 g/mol. The van der Waals surface area contributed by atoms with E-state index in [1.165, 1.54) is 24.3 Å². The summed E-state index contributed by atoms with van der Waals surface area (Å²) in [5.74, 6) is -1.27. The topological polar surface area (TPSA) is 104 Å². The Bertz CT molecular complexity index is 1280. The van der Waals surface area contributed by atoms with Gasteiger partial charge in [0.15, 0.2) is 0 Å². The molecule has 0 amide bonds. The van der Waals surface area contributed by atoms with Crippen molar-refractivity contribution >= 4 is 39.8 Å². The monoisotopic (exact) mass is 551 g/mol. The predicted octanol–water partition coefficient (Wildman–Crippen LogP) is 5.50. The van der Waals surface area contributed by atoms with Gasteiger partial charge in [-0.1, -0.05) is 55.3 Å². The maximum absolute atomic E-state index is 13.2. The van der Waals surface area contributed by atoms with Crippen molar-refractivity contribution in [3.63, 3.8) is 0 Å². The Hall–Kier alpha value is -2.42. The summed E-state index contributed by atoms with van der Waals surface area (Å²) >= 11 is 5.98. The van der Waals surface area contributed by atoms with Crippen molar-refractivity contribution in [2.24, 2.45) is 0 Å². The average Bonchev–Trinajstić information content (AvgIpc) is 2.83. The Morgan fingerprint density at radius 1 is 1.03 bits per heavy atom. The van der Waals surface area contributed by atoms with E-state index in [1.807, 2.05) is 19.9 Å². The molecule has 0 aromatic heterocycles. The number of benzene rings is 3. The molecule has 9 heteroatoms. The molecule has 194 valence electrons. The van der Waals surface area contributed by atoms with Gasteiger partial charge in [-0.25, -0.2) is 13.2 Å². The lowest BCUT2D eigenvalue weighted by Crippen LogP contribution is -2.32. The zero-order chi connectivity index (χ0) is 25.6. The van der Waals surface area contributed by atoms with Crippen LogP contribution in [0.25, 0.3) is 0 Å². The molecule has 0 aliphatic rings. The van der Waals surface area contributed by atoms with Crippen molar-refractivity contribution in [1.82, 2.24) is 5.32 Å². The van der Waals surface area contributed by atoms with Crippen LogP contribution in [0, 0.1) is 0 Å². The fourth-order valence-corrected chi connectivity index (χ4v) is 5.55. The molecule has 0 unspecified atom stereocenters. The van der Waals surface area contributed by atoms with Gasteiger partial charge in [-0.3, -0.25) is 0 Å². The molecule has 3 N–H and O–H groups in total. The zero-order valence-corrected chi connectivity index (χ0v) is 22.5. The van der Waals surface area contributed by atoms with Crippen LogP contribution in [0.3, 0.4) is 0 Å². The second kappa shape index (κ2) is 13.2. The van der Waals surface area contributed by atoms with E-state index in [9.17, 15) is 23.4 Å². The summed E-state index contributed by atoms with van der Waals surface area (Å²) in [6.45, 7) is 4.30. The minimum Gasteiger partial charge on any atom is -0.478 e. The SMILES string of the molecule is CCCc1ccc(S(=O)(=O)c2ccc(C[C@@H](C)NC[C@H](O)c3cccc(Cl)c3)cc2)c(C(=O)O)c1.Cl. The molecule has 0 heterocycles. The molecule has 0 bridgehead atoms.